The van der Waals surface area contributed by atoms with Crippen molar-refractivity contribution < 1.29 is 30.3 Å². The van der Waals surface area contributed by atoms with Gasteiger partial charge in [-0.15, -0.1) is 0 Å². The first-order valence-electron chi connectivity index (χ1n) is 13.9. The third-order valence-corrected chi connectivity index (χ3v) is 7.27. The van der Waals surface area contributed by atoms with E-state index in [1.165, 1.54) is 44.9 Å². The molecule has 206 valence electrons. The monoisotopic (exact) mass is 500 g/mol. The Labute approximate surface area is 212 Å². The summed E-state index contributed by atoms with van der Waals surface area (Å²) in [6.45, 7) is 3.03. The highest BCUT2D eigenvalue weighted by Crippen LogP contribution is 2.38. The molecule has 1 rings (SSSR count). The second kappa shape index (κ2) is 20.1. The quantitative estimate of drug-likeness (QED) is 0.0968. The Balaban J connectivity index is 2.18. The van der Waals surface area contributed by atoms with Gasteiger partial charge in [0, 0.05) is 20.0 Å². The van der Waals surface area contributed by atoms with Gasteiger partial charge in [0.1, 0.15) is 0 Å². The first-order valence-corrected chi connectivity index (χ1v) is 13.9. The lowest BCUT2D eigenvalue weighted by Gasteiger charge is -2.22. The molecule has 1 saturated carbocycles. The largest absolute Gasteiger partial charge is 0.393 e. The molecule has 0 unspecified atom stereocenters. The van der Waals surface area contributed by atoms with E-state index in [4.69, 9.17) is 10.4 Å². The maximum atomic E-state index is 12.2. The van der Waals surface area contributed by atoms with Crippen molar-refractivity contribution in [1.29, 1.82) is 0 Å². The number of hydrogen-bond donors (Lipinski definition) is 4. The minimum Gasteiger partial charge on any atom is -0.393 e. The summed E-state index contributed by atoms with van der Waals surface area (Å²) in [5.41, 5.74) is 0. The van der Waals surface area contributed by atoms with Crippen molar-refractivity contribution >= 4 is 5.91 Å². The van der Waals surface area contributed by atoms with Gasteiger partial charge in [-0.2, -0.15) is 0 Å². The van der Waals surface area contributed by atoms with Crippen molar-refractivity contribution in [2.75, 3.05) is 20.2 Å². The molecule has 8 heteroatoms. The zero-order valence-electron chi connectivity index (χ0n) is 22.2. The molecule has 1 aliphatic rings. The third-order valence-electron chi connectivity index (χ3n) is 7.27. The van der Waals surface area contributed by atoms with Crippen molar-refractivity contribution in [3.8, 4) is 0 Å². The van der Waals surface area contributed by atoms with E-state index >= 15 is 0 Å². The molecule has 0 aliphatic heterocycles. The molecular formula is C27H52N2O6. The number of carbonyl (C=O) groups is 1. The Kier molecular flexibility index (Phi) is 18.4. The SMILES string of the molecule is CCCCCCCCCC[C@@H]1[C@@H](C/C=C\CCCC(=O)N(C)CCCCON(O)O)[C@@H](O)C[C@H]1O. The van der Waals surface area contributed by atoms with Crippen molar-refractivity contribution in [2.45, 2.75) is 122 Å². The van der Waals surface area contributed by atoms with Gasteiger partial charge in [0.2, 0.25) is 5.91 Å². The first kappa shape index (κ1) is 32.0. The highest BCUT2D eigenvalue weighted by atomic mass is 17.1. The second-order valence-electron chi connectivity index (χ2n) is 10.2. The molecule has 0 aromatic carbocycles. The molecule has 4 atom stereocenters. The van der Waals surface area contributed by atoms with Gasteiger partial charge >= 0.3 is 0 Å². The van der Waals surface area contributed by atoms with Gasteiger partial charge in [0.15, 0.2) is 0 Å². The Morgan fingerprint density at radius 1 is 0.886 bits per heavy atom. The number of amides is 1. The Bertz CT molecular complexity index is 560. The van der Waals surface area contributed by atoms with E-state index in [-0.39, 0.29) is 35.8 Å². The van der Waals surface area contributed by atoms with Crippen LogP contribution in [-0.2, 0) is 9.63 Å². The summed E-state index contributed by atoms with van der Waals surface area (Å²) in [6.07, 6.45) is 19.4. The molecule has 0 aromatic heterocycles. The number of hydrogen-bond acceptors (Lipinski definition) is 7. The number of unbranched alkanes of at least 4 members (excludes halogenated alkanes) is 9. The summed E-state index contributed by atoms with van der Waals surface area (Å²) in [7, 11) is 1.78. The van der Waals surface area contributed by atoms with Crippen molar-refractivity contribution in [2.24, 2.45) is 11.8 Å². The highest BCUT2D eigenvalue weighted by molar-refractivity contribution is 5.75. The van der Waals surface area contributed by atoms with Crippen LogP contribution < -0.4 is 0 Å². The number of nitrogens with zero attached hydrogens (tertiary/aromatic N) is 2. The normalized spacial score (nSPS) is 22.5. The Hall–Kier alpha value is -1.03. The van der Waals surface area contributed by atoms with Crippen molar-refractivity contribution in [3.05, 3.63) is 12.2 Å². The van der Waals surface area contributed by atoms with Crippen LogP contribution in [0.25, 0.3) is 0 Å². The van der Waals surface area contributed by atoms with Gasteiger partial charge in [-0.05, 0) is 56.8 Å². The molecule has 1 aliphatic carbocycles. The molecule has 0 aromatic rings. The van der Waals surface area contributed by atoms with E-state index in [1.807, 2.05) is 0 Å². The van der Waals surface area contributed by atoms with Crippen LogP contribution in [0.4, 0.5) is 0 Å². The number of allylic oxidation sites excluding steroid dienone is 2. The van der Waals surface area contributed by atoms with E-state index < -0.39 is 6.10 Å². The summed E-state index contributed by atoms with van der Waals surface area (Å²) in [5.74, 6) is 0.421. The van der Waals surface area contributed by atoms with Crippen molar-refractivity contribution in [3.63, 3.8) is 0 Å². The standard InChI is InChI=1S/C27H52N2O6/c1-3-4-5-6-7-8-9-12-17-23-24(26(31)22-25(23)30)18-13-10-11-14-19-27(32)28(2)20-15-16-21-35-29(33)34/h10,13,23-26,30-31,33-34H,3-9,11-12,14-22H2,1-2H3/b13-10-/t23-,24-,25-,26+/m1/s1. The molecule has 0 saturated heterocycles. The lowest BCUT2D eigenvalue weighted by Crippen LogP contribution is -2.27. The third kappa shape index (κ3) is 15.0. The van der Waals surface area contributed by atoms with Crippen LogP contribution in [-0.4, -0.2) is 69.2 Å². The fourth-order valence-corrected chi connectivity index (χ4v) is 5.08. The number of rotatable bonds is 21. The summed E-state index contributed by atoms with van der Waals surface area (Å²) in [5, 5.41) is 37.5. The number of aliphatic hydroxyl groups is 2. The van der Waals surface area contributed by atoms with E-state index in [0.717, 1.165) is 38.5 Å². The van der Waals surface area contributed by atoms with Crippen LogP contribution in [0.1, 0.15) is 110 Å². The van der Waals surface area contributed by atoms with Gasteiger partial charge < -0.3 is 15.1 Å². The average molecular weight is 501 g/mol. The number of aliphatic hydroxyl groups excluding tert-OH is 2. The maximum absolute atomic E-state index is 12.2. The molecule has 0 spiro atoms. The predicted octanol–water partition coefficient (Wildman–Crippen LogP) is 5.24. The minimum atomic E-state index is -0.424. The van der Waals surface area contributed by atoms with Gasteiger partial charge in [-0.1, -0.05) is 70.4 Å². The first-order chi connectivity index (χ1) is 16.9. The molecule has 0 bridgehead atoms. The maximum Gasteiger partial charge on any atom is 0.222 e. The molecule has 1 amide bonds. The van der Waals surface area contributed by atoms with Crippen molar-refractivity contribution in [1.82, 2.24) is 10.3 Å². The molecule has 0 heterocycles. The topological polar surface area (TPSA) is 114 Å². The van der Waals surface area contributed by atoms with Crippen LogP contribution in [0.15, 0.2) is 12.2 Å². The molecule has 1 fully saturated rings. The van der Waals surface area contributed by atoms with E-state index in [2.05, 4.69) is 23.9 Å². The fourth-order valence-electron chi connectivity index (χ4n) is 5.08. The zero-order valence-corrected chi connectivity index (χ0v) is 22.2. The van der Waals surface area contributed by atoms with E-state index in [1.54, 1.807) is 11.9 Å². The van der Waals surface area contributed by atoms with Crippen LogP contribution >= 0.6 is 0 Å². The lowest BCUT2D eigenvalue weighted by molar-refractivity contribution is -0.492. The Morgan fingerprint density at radius 2 is 1.54 bits per heavy atom. The van der Waals surface area contributed by atoms with Gasteiger partial charge in [0.25, 0.3) is 0 Å². The molecule has 4 N–H and O–H groups in total. The minimum absolute atomic E-state index is 0.102. The zero-order chi connectivity index (χ0) is 25.9. The summed E-state index contributed by atoms with van der Waals surface area (Å²) in [6, 6.07) is 0. The summed E-state index contributed by atoms with van der Waals surface area (Å²) >= 11 is 0. The summed E-state index contributed by atoms with van der Waals surface area (Å²) in [4.78, 5) is 18.4. The molecule has 35 heavy (non-hydrogen) atoms. The number of carbonyl (C=O) groups excluding carboxylic acids is 1. The molecule has 0 radical (unpaired) electrons. The van der Waals surface area contributed by atoms with Crippen LogP contribution in [0.2, 0.25) is 0 Å². The van der Waals surface area contributed by atoms with Crippen LogP contribution in [0, 0.1) is 11.8 Å². The summed E-state index contributed by atoms with van der Waals surface area (Å²) < 4.78 is 0. The molecule has 8 nitrogen and oxygen atoms in total. The highest BCUT2D eigenvalue weighted by Gasteiger charge is 2.40. The molecular weight excluding hydrogens is 448 g/mol. The van der Waals surface area contributed by atoms with Gasteiger partial charge in [0.05, 0.1) is 24.2 Å². The van der Waals surface area contributed by atoms with Gasteiger partial charge in [-0.25, -0.2) is 0 Å². The second-order valence-corrected chi connectivity index (χ2v) is 10.2. The fraction of sp³-hybridized carbons (Fsp3) is 0.889. The van der Waals surface area contributed by atoms with Crippen LogP contribution in [0.3, 0.4) is 0 Å². The predicted molar refractivity (Wildman–Crippen MR) is 137 cm³/mol. The average Bonchev–Trinajstić information content (AvgIpc) is 3.09. The smallest absolute Gasteiger partial charge is 0.222 e. The van der Waals surface area contributed by atoms with E-state index in [0.29, 0.717) is 25.8 Å². The van der Waals surface area contributed by atoms with Gasteiger partial charge in [-0.3, -0.25) is 20.0 Å². The Morgan fingerprint density at radius 3 is 2.23 bits per heavy atom. The van der Waals surface area contributed by atoms with Crippen LogP contribution in [0.5, 0.6) is 0 Å². The lowest BCUT2D eigenvalue weighted by atomic mass is 9.86. The van der Waals surface area contributed by atoms with E-state index in [9.17, 15) is 15.0 Å².